The smallest absolute Gasteiger partial charge is 0.276 e. The highest BCUT2D eigenvalue weighted by atomic mass is 35.5. The second-order valence-electron chi connectivity index (χ2n) is 6.26. The highest BCUT2D eigenvalue weighted by Gasteiger charge is 2.07. The van der Waals surface area contributed by atoms with E-state index in [2.05, 4.69) is 4.98 Å². The average Bonchev–Trinajstić information content (AvgIpc) is 2.66. The standard InChI is InChI=1S/C21H21ClN2O2S/c1-4-16-12-24(3)21(23-20(16)25)27-13-15-5-7-17(8-6-15)26-18-9-10-19(22)14(2)11-18/h5-12H,4,13H2,1-3H3. The number of rotatable bonds is 6. The van der Waals surface area contributed by atoms with E-state index in [1.54, 1.807) is 11.8 Å². The molecule has 0 radical (unpaired) electrons. The second-order valence-corrected chi connectivity index (χ2v) is 7.61. The van der Waals surface area contributed by atoms with Gasteiger partial charge < -0.3 is 9.30 Å². The van der Waals surface area contributed by atoms with Gasteiger partial charge in [0.25, 0.3) is 5.56 Å². The number of hydrogen-bond donors (Lipinski definition) is 0. The molecule has 0 unspecified atom stereocenters. The summed E-state index contributed by atoms with van der Waals surface area (Å²) in [7, 11) is 1.92. The molecular weight excluding hydrogens is 380 g/mol. The Balaban J connectivity index is 1.65. The van der Waals surface area contributed by atoms with Crippen LogP contribution in [0.3, 0.4) is 0 Å². The summed E-state index contributed by atoms with van der Waals surface area (Å²) in [5.41, 5.74) is 2.71. The molecule has 0 aliphatic rings. The Morgan fingerprint density at radius 1 is 1.15 bits per heavy atom. The van der Waals surface area contributed by atoms with Gasteiger partial charge in [0.2, 0.25) is 0 Å². The van der Waals surface area contributed by atoms with E-state index < -0.39 is 0 Å². The van der Waals surface area contributed by atoms with Crippen molar-refractivity contribution in [2.75, 3.05) is 0 Å². The van der Waals surface area contributed by atoms with Crippen LogP contribution in [0, 0.1) is 6.92 Å². The topological polar surface area (TPSA) is 44.1 Å². The fourth-order valence-corrected chi connectivity index (χ4v) is 3.59. The van der Waals surface area contributed by atoms with Crippen molar-refractivity contribution in [3.05, 3.63) is 80.7 Å². The predicted octanol–water partition coefficient (Wildman–Crippen LogP) is 5.39. The van der Waals surface area contributed by atoms with Crippen molar-refractivity contribution in [1.29, 1.82) is 0 Å². The maximum absolute atomic E-state index is 11.9. The van der Waals surface area contributed by atoms with Crippen LogP contribution in [0.25, 0.3) is 0 Å². The third-order valence-corrected chi connectivity index (χ3v) is 5.70. The Labute approximate surface area is 168 Å². The molecule has 0 amide bonds. The molecule has 0 saturated carbocycles. The lowest BCUT2D eigenvalue weighted by Gasteiger charge is -2.10. The van der Waals surface area contributed by atoms with E-state index in [1.807, 2.05) is 74.1 Å². The van der Waals surface area contributed by atoms with E-state index >= 15 is 0 Å². The Kier molecular flexibility index (Phi) is 6.24. The number of nitrogens with zero attached hydrogens (tertiary/aromatic N) is 2. The van der Waals surface area contributed by atoms with Crippen LogP contribution in [0.1, 0.15) is 23.6 Å². The summed E-state index contributed by atoms with van der Waals surface area (Å²) >= 11 is 7.59. The zero-order chi connectivity index (χ0) is 19.4. The van der Waals surface area contributed by atoms with E-state index in [0.717, 1.165) is 39.0 Å². The Hall–Kier alpha value is -2.24. The van der Waals surface area contributed by atoms with Crippen molar-refractivity contribution >= 4 is 23.4 Å². The summed E-state index contributed by atoms with van der Waals surface area (Å²) in [5, 5.41) is 1.44. The van der Waals surface area contributed by atoms with Gasteiger partial charge in [-0.2, -0.15) is 4.98 Å². The van der Waals surface area contributed by atoms with E-state index in [-0.39, 0.29) is 5.56 Å². The van der Waals surface area contributed by atoms with Gasteiger partial charge in [-0.15, -0.1) is 0 Å². The zero-order valence-corrected chi connectivity index (χ0v) is 17.1. The predicted molar refractivity (Wildman–Crippen MR) is 111 cm³/mol. The van der Waals surface area contributed by atoms with Gasteiger partial charge in [-0.1, -0.05) is 42.4 Å². The summed E-state index contributed by atoms with van der Waals surface area (Å²) in [4.78, 5) is 16.1. The van der Waals surface area contributed by atoms with Gasteiger partial charge in [0.05, 0.1) is 0 Å². The molecule has 2 aromatic carbocycles. The molecule has 1 aromatic heterocycles. The number of ether oxygens (including phenoxy) is 1. The molecule has 27 heavy (non-hydrogen) atoms. The number of aryl methyl sites for hydroxylation is 3. The summed E-state index contributed by atoms with van der Waals surface area (Å²) < 4.78 is 7.78. The van der Waals surface area contributed by atoms with Crippen molar-refractivity contribution in [1.82, 2.24) is 9.55 Å². The van der Waals surface area contributed by atoms with Gasteiger partial charge in [-0.05, 0) is 54.8 Å². The van der Waals surface area contributed by atoms with Crippen LogP contribution in [0.2, 0.25) is 5.02 Å². The largest absolute Gasteiger partial charge is 0.457 e. The maximum atomic E-state index is 11.9. The first-order chi connectivity index (χ1) is 13.0. The maximum Gasteiger partial charge on any atom is 0.276 e. The molecule has 0 N–H and O–H groups in total. The summed E-state index contributed by atoms with van der Waals surface area (Å²) in [6.07, 6.45) is 2.56. The molecular formula is C21H21ClN2O2S. The first kappa shape index (κ1) is 19.5. The van der Waals surface area contributed by atoms with Crippen LogP contribution in [-0.4, -0.2) is 9.55 Å². The number of benzene rings is 2. The molecule has 0 aliphatic heterocycles. The number of thioether (sulfide) groups is 1. The van der Waals surface area contributed by atoms with Crippen molar-refractivity contribution in [3.8, 4) is 11.5 Å². The normalized spacial score (nSPS) is 10.8. The van der Waals surface area contributed by atoms with E-state index in [0.29, 0.717) is 11.6 Å². The molecule has 4 nitrogen and oxygen atoms in total. The quantitative estimate of drug-likeness (QED) is 0.411. The van der Waals surface area contributed by atoms with Crippen molar-refractivity contribution < 1.29 is 4.74 Å². The highest BCUT2D eigenvalue weighted by Crippen LogP contribution is 2.27. The molecule has 140 valence electrons. The fraction of sp³-hybridized carbons (Fsp3) is 0.238. The molecule has 3 rings (SSSR count). The van der Waals surface area contributed by atoms with E-state index in [9.17, 15) is 4.79 Å². The molecule has 3 aromatic rings. The minimum Gasteiger partial charge on any atom is -0.457 e. The minimum atomic E-state index is -0.139. The molecule has 0 aliphatic carbocycles. The molecule has 0 atom stereocenters. The van der Waals surface area contributed by atoms with Crippen molar-refractivity contribution in [2.45, 2.75) is 31.2 Å². The van der Waals surface area contributed by atoms with Crippen LogP contribution in [0.4, 0.5) is 0 Å². The van der Waals surface area contributed by atoms with Gasteiger partial charge in [0.1, 0.15) is 11.5 Å². The monoisotopic (exact) mass is 400 g/mol. The van der Waals surface area contributed by atoms with E-state index in [1.165, 1.54) is 0 Å². The SMILES string of the molecule is CCc1cn(C)c(SCc2ccc(Oc3ccc(Cl)c(C)c3)cc2)nc1=O. The van der Waals surface area contributed by atoms with Crippen LogP contribution in [-0.2, 0) is 19.2 Å². The third kappa shape index (κ3) is 4.93. The average molecular weight is 401 g/mol. The van der Waals surface area contributed by atoms with Crippen LogP contribution < -0.4 is 10.3 Å². The van der Waals surface area contributed by atoms with Gasteiger partial charge in [-0.25, -0.2) is 0 Å². The molecule has 6 heteroatoms. The number of hydrogen-bond acceptors (Lipinski definition) is 4. The van der Waals surface area contributed by atoms with Crippen molar-refractivity contribution in [2.24, 2.45) is 7.05 Å². The Morgan fingerprint density at radius 2 is 1.85 bits per heavy atom. The molecule has 0 bridgehead atoms. The van der Waals surface area contributed by atoms with E-state index in [4.69, 9.17) is 16.3 Å². The summed E-state index contributed by atoms with van der Waals surface area (Å²) in [6, 6.07) is 13.5. The number of halogens is 1. The molecule has 0 fully saturated rings. The lowest BCUT2D eigenvalue weighted by Crippen LogP contribution is -2.17. The Morgan fingerprint density at radius 3 is 2.52 bits per heavy atom. The first-order valence-electron chi connectivity index (χ1n) is 8.68. The van der Waals surface area contributed by atoms with Gasteiger partial charge in [0, 0.05) is 29.6 Å². The Bertz CT molecular complexity index is 1000. The van der Waals surface area contributed by atoms with Crippen LogP contribution in [0.15, 0.2) is 58.6 Å². The highest BCUT2D eigenvalue weighted by molar-refractivity contribution is 7.98. The lowest BCUT2D eigenvalue weighted by atomic mass is 10.2. The van der Waals surface area contributed by atoms with Crippen LogP contribution in [0.5, 0.6) is 11.5 Å². The third-order valence-electron chi connectivity index (χ3n) is 4.16. The van der Waals surface area contributed by atoms with Gasteiger partial charge in [0.15, 0.2) is 5.16 Å². The van der Waals surface area contributed by atoms with Crippen molar-refractivity contribution in [3.63, 3.8) is 0 Å². The molecule has 0 spiro atoms. The first-order valence-corrected chi connectivity index (χ1v) is 10.0. The van der Waals surface area contributed by atoms with Crippen LogP contribution >= 0.6 is 23.4 Å². The molecule has 1 heterocycles. The summed E-state index contributed by atoms with van der Waals surface area (Å²) in [6.45, 7) is 3.91. The fourth-order valence-electron chi connectivity index (χ4n) is 2.58. The lowest BCUT2D eigenvalue weighted by molar-refractivity contribution is 0.482. The summed E-state index contributed by atoms with van der Waals surface area (Å²) in [5.74, 6) is 2.25. The number of aromatic nitrogens is 2. The zero-order valence-electron chi connectivity index (χ0n) is 15.5. The second kappa shape index (κ2) is 8.63. The van der Waals surface area contributed by atoms with Gasteiger partial charge >= 0.3 is 0 Å². The van der Waals surface area contributed by atoms with Gasteiger partial charge in [-0.3, -0.25) is 4.79 Å². The minimum absolute atomic E-state index is 0.139. The molecule has 0 saturated heterocycles.